The van der Waals surface area contributed by atoms with Crippen LogP contribution < -0.4 is 10.6 Å². The number of halogens is 1. The number of rotatable bonds is 4. The molecule has 0 radical (unpaired) electrons. The molecule has 2 aromatic carbocycles. The second-order valence-electron chi connectivity index (χ2n) is 6.55. The summed E-state index contributed by atoms with van der Waals surface area (Å²) >= 11 is 0. The molecule has 0 aliphatic carbocycles. The fourth-order valence-corrected chi connectivity index (χ4v) is 2.98. The van der Waals surface area contributed by atoms with Gasteiger partial charge in [0.2, 0.25) is 5.95 Å². The van der Waals surface area contributed by atoms with Gasteiger partial charge < -0.3 is 10.6 Å². The molecular formula is C21H21FN4O. The van der Waals surface area contributed by atoms with Crippen molar-refractivity contribution in [2.45, 2.75) is 27.7 Å². The molecule has 0 bridgehead atoms. The monoisotopic (exact) mass is 364 g/mol. The van der Waals surface area contributed by atoms with Gasteiger partial charge in [0.25, 0.3) is 5.91 Å². The van der Waals surface area contributed by atoms with Crippen LogP contribution in [0.4, 0.5) is 21.7 Å². The van der Waals surface area contributed by atoms with Crippen molar-refractivity contribution in [2.75, 3.05) is 10.6 Å². The molecule has 1 aromatic heterocycles. The van der Waals surface area contributed by atoms with Gasteiger partial charge in [0, 0.05) is 11.4 Å². The molecule has 2 N–H and O–H groups in total. The maximum atomic E-state index is 13.8. The molecule has 1 amide bonds. The van der Waals surface area contributed by atoms with E-state index in [9.17, 15) is 9.18 Å². The van der Waals surface area contributed by atoms with Gasteiger partial charge in [0.05, 0.1) is 5.69 Å². The molecule has 0 unspecified atom stereocenters. The molecule has 0 aliphatic heterocycles. The maximum absolute atomic E-state index is 13.8. The Bertz CT molecular complexity index is 994. The Kier molecular flexibility index (Phi) is 5.16. The summed E-state index contributed by atoms with van der Waals surface area (Å²) in [6.45, 7) is 7.67. The summed E-state index contributed by atoms with van der Waals surface area (Å²) in [4.78, 5) is 21.2. The highest BCUT2D eigenvalue weighted by atomic mass is 19.1. The Morgan fingerprint density at radius 2 is 1.63 bits per heavy atom. The average molecular weight is 364 g/mol. The number of hydrogen-bond acceptors (Lipinski definition) is 4. The predicted octanol–water partition coefficient (Wildman–Crippen LogP) is 4.85. The van der Waals surface area contributed by atoms with E-state index in [1.54, 1.807) is 31.2 Å². The highest BCUT2D eigenvalue weighted by Crippen LogP contribution is 2.23. The van der Waals surface area contributed by atoms with E-state index in [0.717, 1.165) is 22.4 Å². The summed E-state index contributed by atoms with van der Waals surface area (Å²) in [6.07, 6.45) is 0. The Balaban J connectivity index is 1.88. The second kappa shape index (κ2) is 7.53. The van der Waals surface area contributed by atoms with Gasteiger partial charge in [-0.3, -0.25) is 4.79 Å². The van der Waals surface area contributed by atoms with Crippen LogP contribution >= 0.6 is 0 Å². The number of nitrogens with one attached hydrogen (secondary N) is 2. The van der Waals surface area contributed by atoms with E-state index in [-0.39, 0.29) is 23.2 Å². The quantitative estimate of drug-likeness (QED) is 0.695. The van der Waals surface area contributed by atoms with Crippen molar-refractivity contribution >= 4 is 23.2 Å². The van der Waals surface area contributed by atoms with Crippen molar-refractivity contribution in [1.29, 1.82) is 0 Å². The molecule has 0 fully saturated rings. The highest BCUT2D eigenvalue weighted by molar-refractivity contribution is 6.04. The Morgan fingerprint density at radius 3 is 2.30 bits per heavy atom. The van der Waals surface area contributed by atoms with Crippen LogP contribution in [0.3, 0.4) is 0 Å². The normalized spacial score (nSPS) is 10.6. The lowest BCUT2D eigenvalue weighted by molar-refractivity contribution is 0.102. The molecule has 3 aromatic rings. The molecule has 27 heavy (non-hydrogen) atoms. The third kappa shape index (κ3) is 4.28. The fourth-order valence-electron chi connectivity index (χ4n) is 2.98. The zero-order valence-electron chi connectivity index (χ0n) is 15.7. The minimum absolute atomic E-state index is 0.169. The summed E-state index contributed by atoms with van der Waals surface area (Å²) in [7, 11) is 0. The van der Waals surface area contributed by atoms with Crippen LogP contribution in [0.1, 0.15) is 32.9 Å². The van der Waals surface area contributed by atoms with E-state index >= 15 is 0 Å². The minimum atomic E-state index is -0.417. The summed E-state index contributed by atoms with van der Waals surface area (Å²) in [5.74, 6) is -0.589. The van der Waals surface area contributed by atoms with E-state index in [4.69, 9.17) is 0 Å². The topological polar surface area (TPSA) is 66.9 Å². The zero-order valence-corrected chi connectivity index (χ0v) is 15.7. The summed E-state index contributed by atoms with van der Waals surface area (Å²) in [5.41, 5.74) is 4.93. The van der Waals surface area contributed by atoms with Crippen molar-refractivity contribution < 1.29 is 9.18 Å². The van der Waals surface area contributed by atoms with E-state index in [0.29, 0.717) is 5.69 Å². The van der Waals surface area contributed by atoms with E-state index in [2.05, 4.69) is 20.6 Å². The lowest BCUT2D eigenvalue weighted by atomic mass is 10.0. The number of para-hydroxylation sites is 1. The first-order chi connectivity index (χ1) is 12.8. The highest BCUT2D eigenvalue weighted by Gasteiger charge is 2.14. The standard InChI is InChI=1S/C21H21FN4O/c1-12-9-13(2)19(14(3)10-12)26-20(27)18-11-15(4)23-21(25-18)24-17-8-6-5-7-16(17)22/h5-11H,1-4H3,(H,26,27)(H,23,24,25). The molecular weight excluding hydrogens is 343 g/mol. The number of hydrogen-bond donors (Lipinski definition) is 2. The van der Waals surface area contributed by atoms with Gasteiger partial charge in [-0.05, 0) is 57.0 Å². The lowest BCUT2D eigenvalue weighted by Crippen LogP contribution is -2.17. The Hall–Kier alpha value is -3.28. The van der Waals surface area contributed by atoms with Crippen LogP contribution in [-0.2, 0) is 0 Å². The number of aryl methyl sites for hydroxylation is 4. The molecule has 6 heteroatoms. The Labute approximate surface area is 157 Å². The summed E-state index contributed by atoms with van der Waals surface area (Å²) in [5, 5.41) is 5.75. The minimum Gasteiger partial charge on any atom is -0.322 e. The van der Waals surface area contributed by atoms with Crippen LogP contribution in [0.5, 0.6) is 0 Å². The van der Waals surface area contributed by atoms with Gasteiger partial charge >= 0.3 is 0 Å². The van der Waals surface area contributed by atoms with Gasteiger partial charge in [-0.15, -0.1) is 0 Å². The number of nitrogens with zero attached hydrogens (tertiary/aromatic N) is 2. The third-order valence-electron chi connectivity index (χ3n) is 4.12. The smallest absolute Gasteiger partial charge is 0.274 e. The van der Waals surface area contributed by atoms with Crippen LogP contribution in [-0.4, -0.2) is 15.9 Å². The molecule has 0 saturated carbocycles. The van der Waals surface area contributed by atoms with Gasteiger partial charge in [0.1, 0.15) is 11.5 Å². The van der Waals surface area contributed by atoms with Gasteiger partial charge in [0.15, 0.2) is 0 Å². The predicted molar refractivity (Wildman–Crippen MR) is 105 cm³/mol. The number of carbonyl (C=O) groups is 1. The zero-order chi connectivity index (χ0) is 19.6. The maximum Gasteiger partial charge on any atom is 0.274 e. The van der Waals surface area contributed by atoms with Crippen molar-refractivity contribution in [3.8, 4) is 0 Å². The van der Waals surface area contributed by atoms with Crippen LogP contribution in [0.2, 0.25) is 0 Å². The fraction of sp³-hybridized carbons (Fsp3) is 0.190. The van der Waals surface area contributed by atoms with Crippen molar-refractivity contribution in [2.24, 2.45) is 0 Å². The van der Waals surface area contributed by atoms with Crippen LogP contribution in [0.25, 0.3) is 0 Å². The molecule has 0 aliphatic rings. The number of amides is 1. The molecule has 3 rings (SSSR count). The molecule has 5 nitrogen and oxygen atoms in total. The first kappa shape index (κ1) is 18.5. The first-order valence-corrected chi connectivity index (χ1v) is 8.60. The number of aromatic nitrogens is 2. The van der Waals surface area contributed by atoms with E-state index < -0.39 is 5.82 Å². The Morgan fingerprint density at radius 1 is 0.963 bits per heavy atom. The first-order valence-electron chi connectivity index (χ1n) is 8.60. The number of benzene rings is 2. The molecule has 1 heterocycles. The second-order valence-corrected chi connectivity index (χ2v) is 6.55. The number of anilines is 3. The summed E-state index contributed by atoms with van der Waals surface area (Å²) < 4.78 is 13.8. The SMILES string of the molecule is Cc1cc(C)c(NC(=O)c2cc(C)nc(Nc3ccccc3F)n2)c(C)c1. The van der Waals surface area contributed by atoms with Crippen molar-refractivity contribution in [3.05, 3.63) is 76.4 Å². The average Bonchev–Trinajstić information content (AvgIpc) is 2.59. The van der Waals surface area contributed by atoms with E-state index in [1.807, 2.05) is 32.9 Å². The largest absolute Gasteiger partial charge is 0.322 e. The van der Waals surface area contributed by atoms with Crippen LogP contribution in [0, 0.1) is 33.5 Å². The van der Waals surface area contributed by atoms with Crippen LogP contribution in [0.15, 0.2) is 42.5 Å². The summed E-state index contributed by atoms with van der Waals surface area (Å²) in [6, 6.07) is 11.9. The van der Waals surface area contributed by atoms with E-state index in [1.165, 1.54) is 6.07 Å². The molecule has 138 valence electrons. The molecule has 0 atom stereocenters. The van der Waals surface area contributed by atoms with Crippen molar-refractivity contribution in [1.82, 2.24) is 9.97 Å². The van der Waals surface area contributed by atoms with Gasteiger partial charge in [-0.2, -0.15) is 0 Å². The van der Waals surface area contributed by atoms with Gasteiger partial charge in [-0.25, -0.2) is 14.4 Å². The molecule has 0 saturated heterocycles. The lowest BCUT2D eigenvalue weighted by Gasteiger charge is -2.13. The number of carbonyl (C=O) groups excluding carboxylic acids is 1. The molecule has 0 spiro atoms. The third-order valence-corrected chi connectivity index (χ3v) is 4.12. The van der Waals surface area contributed by atoms with Gasteiger partial charge in [-0.1, -0.05) is 29.8 Å². The van der Waals surface area contributed by atoms with Crippen molar-refractivity contribution in [3.63, 3.8) is 0 Å².